The average molecular weight is 321 g/mol. The van der Waals surface area contributed by atoms with Gasteiger partial charge in [-0.25, -0.2) is 0 Å². The predicted molar refractivity (Wildman–Crippen MR) is 73.0 cm³/mol. The SMILES string of the molecule is OC(c1ccc(-c2noc(C(F)(F)F)n2)cc1)c1ccccn1. The van der Waals surface area contributed by atoms with Crippen LogP contribution in [0, 0.1) is 0 Å². The Balaban J connectivity index is 1.84. The Labute approximate surface area is 128 Å². The summed E-state index contributed by atoms with van der Waals surface area (Å²) in [6.45, 7) is 0. The smallest absolute Gasteiger partial charge is 0.382 e. The number of hydrogen-bond donors (Lipinski definition) is 1. The number of hydrogen-bond acceptors (Lipinski definition) is 5. The van der Waals surface area contributed by atoms with Gasteiger partial charge in [-0.2, -0.15) is 18.2 Å². The number of alkyl halides is 3. The Morgan fingerprint density at radius 3 is 2.35 bits per heavy atom. The molecule has 8 heteroatoms. The summed E-state index contributed by atoms with van der Waals surface area (Å²) in [5, 5.41) is 13.5. The maximum absolute atomic E-state index is 12.4. The quantitative estimate of drug-likeness (QED) is 0.802. The zero-order valence-corrected chi connectivity index (χ0v) is 11.5. The van der Waals surface area contributed by atoms with E-state index >= 15 is 0 Å². The summed E-state index contributed by atoms with van der Waals surface area (Å²) >= 11 is 0. The van der Waals surface area contributed by atoms with Gasteiger partial charge in [0.25, 0.3) is 0 Å². The molecule has 0 spiro atoms. The first-order chi connectivity index (χ1) is 10.9. The summed E-state index contributed by atoms with van der Waals surface area (Å²) in [7, 11) is 0. The number of halogens is 3. The van der Waals surface area contributed by atoms with E-state index in [4.69, 9.17) is 0 Å². The molecule has 2 heterocycles. The third kappa shape index (κ3) is 3.21. The molecule has 1 N–H and O–H groups in total. The topological polar surface area (TPSA) is 72.0 Å². The van der Waals surface area contributed by atoms with Crippen molar-refractivity contribution in [2.45, 2.75) is 12.3 Å². The van der Waals surface area contributed by atoms with Gasteiger partial charge in [0.1, 0.15) is 6.10 Å². The van der Waals surface area contributed by atoms with Crippen LogP contribution in [0.1, 0.15) is 23.3 Å². The van der Waals surface area contributed by atoms with Crippen molar-refractivity contribution in [3.63, 3.8) is 0 Å². The first kappa shape index (κ1) is 15.2. The van der Waals surface area contributed by atoms with E-state index in [1.165, 1.54) is 12.1 Å². The summed E-state index contributed by atoms with van der Waals surface area (Å²) in [5.41, 5.74) is 1.37. The van der Waals surface area contributed by atoms with E-state index in [1.54, 1.807) is 36.5 Å². The van der Waals surface area contributed by atoms with Crippen molar-refractivity contribution < 1.29 is 22.8 Å². The maximum Gasteiger partial charge on any atom is 0.471 e. The lowest BCUT2D eigenvalue weighted by atomic mass is 10.0. The van der Waals surface area contributed by atoms with Crippen LogP contribution in [0.5, 0.6) is 0 Å². The van der Waals surface area contributed by atoms with Crippen LogP contribution in [0.3, 0.4) is 0 Å². The Morgan fingerprint density at radius 1 is 1.04 bits per heavy atom. The van der Waals surface area contributed by atoms with Crippen LogP contribution >= 0.6 is 0 Å². The van der Waals surface area contributed by atoms with Gasteiger partial charge in [0, 0.05) is 11.8 Å². The highest BCUT2D eigenvalue weighted by molar-refractivity contribution is 5.55. The maximum atomic E-state index is 12.4. The van der Waals surface area contributed by atoms with Gasteiger partial charge < -0.3 is 9.63 Å². The number of aliphatic hydroxyl groups excluding tert-OH is 1. The summed E-state index contributed by atoms with van der Waals surface area (Å²) in [5.74, 6) is -1.57. The first-order valence-corrected chi connectivity index (χ1v) is 6.55. The molecule has 0 aliphatic heterocycles. The van der Waals surface area contributed by atoms with Crippen molar-refractivity contribution in [3.05, 3.63) is 65.8 Å². The standard InChI is InChI=1S/C15H10F3N3O2/c16-15(17,18)14-20-13(21-23-14)10-6-4-9(5-7-10)12(22)11-3-1-2-8-19-11/h1-8,12,22H. The molecule has 3 aromatic rings. The molecule has 1 aromatic carbocycles. The van der Waals surface area contributed by atoms with Crippen LogP contribution in [0.25, 0.3) is 11.4 Å². The number of benzene rings is 1. The monoisotopic (exact) mass is 321 g/mol. The van der Waals surface area contributed by atoms with E-state index in [0.717, 1.165) is 0 Å². The Hall–Kier alpha value is -2.74. The molecule has 3 rings (SSSR count). The van der Waals surface area contributed by atoms with Crippen molar-refractivity contribution in [2.24, 2.45) is 0 Å². The molecule has 0 saturated heterocycles. The van der Waals surface area contributed by atoms with Crippen molar-refractivity contribution >= 4 is 0 Å². The number of nitrogens with zero attached hydrogens (tertiary/aromatic N) is 3. The number of aromatic nitrogens is 3. The average Bonchev–Trinajstić information content (AvgIpc) is 3.05. The Kier molecular flexibility index (Phi) is 3.83. The molecule has 118 valence electrons. The molecule has 1 atom stereocenters. The minimum atomic E-state index is -4.68. The van der Waals surface area contributed by atoms with Crippen LogP contribution in [-0.4, -0.2) is 20.2 Å². The van der Waals surface area contributed by atoms with E-state index < -0.39 is 18.2 Å². The lowest BCUT2D eigenvalue weighted by Crippen LogP contribution is -2.04. The second-order valence-electron chi connectivity index (χ2n) is 4.70. The van der Waals surface area contributed by atoms with E-state index in [-0.39, 0.29) is 5.82 Å². The second kappa shape index (κ2) is 5.81. The number of aliphatic hydroxyl groups is 1. The molecule has 0 radical (unpaired) electrons. The van der Waals surface area contributed by atoms with Gasteiger partial charge in [-0.1, -0.05) is 35.5 Å². The van der Waals surface area contributed by atoms with Crippen LogP contribution in [0.2, 0.25) is 0 Å². The van der Waals surface area contributed by atoms with Gasteiger partial charge in [0.05, 0.1) is 5.69 Å². The fourth-order valence-corrected chi connectivity index (χ4v) is 1.98. The van der Waals surface area contributed by atoms with E-state index in [2.05, 4.69) is 19.6 Å². The van der Waals surface area contributed by atoms with Gasteiger partial charge in [-0.3, -0.25) is 4.98 Å². The van der Waals surface area contributed by atoms with E-state index in [0.29, 0.717) is 16.8 Å². The van der Waals surface area contributed by atoms with Gasteiger partial charge in [-0.15, -0.1) is 0 Å². The largest absolute Gasteiger partial charge is 0.471 e. The lowest BCUT2D eigenvalue weighted by Gasteiger charge is -2.10. The molecular formula is C15H10F3N3O2. The summed E-state index contributed by atoms with van der Waals surface area (Å²) in [4.78, 5) is 7.36. The van der Waals surface area contributed by atoms with Crippen LogP contribution in [0.15, 0.2) is 53.2 Å². The molecule has 23 heavy (non-hydrogen) atoms. The zero-order chi connectivity index (χ0) is 16.4. The summed E-state index contributed by atoms with van der Waals surface area (Å²) in [6.07, 6.45) is -4.05. The Bertz CT molecular complexity index is 786. The fourth-order valence-electron chi connectivity index (χ4n) is 1.98. The minimum absolute atomic E-state index is 0.170. The molecule has 0 aliphatic carbocycles. The van der Waals surface area contributed by atoms with Crippen LogP contribution < -0.4 is 0 Å². The third-order valence-electron chi connectivity index (χ3n) is 3.12. The lowest BCUT2D eigenvalue weighted by molar-refractivity contribution is -0.159. The predicted octanol–water partition coefficient (Wildman–Crippen LogP) is 3.23. The Morgan fingerprint density at radius 2 is 1.78 bits per heavy atom. The van der Waals surface area contributed by atoms with Gasteiger partial charge >= 0.3 is 12.1 Å². The van der Waals surface area contributed by atoms with Gasteiger partial charge in [0.2, 0.25) is 5.82 Å². The highest BCUT2D eigenvalue weighted by atomic mass is 19.4. The van der Waals surface area contributed by atoms with Crippen molar-refractivity contribution in [1.82, 2.24) is 15.1 Å². The van der Waals surface area contributed by atoms with E-state index in [9.17, 15) is 18.3 Å². The molecule has 0 bridgehead atoms. The molecule has 5 nitrogen and oxygen atoms in total. The molecule has 0 aliphatic rings. The highest BCUT2D eigenvalue weighted by Crippen LogP contribution is 2.30. The van der Waals surface area contributed by atoms with Crippen molar-refractivity contribution in [2.75, 3.05) is 0 Å². The minimum Gasteiger partial charge on any atom is -0.382 e. The molecular weight excluding hydrogens is 311 g/mol. The fraction of sp³-hybridized carbons (Fsp3) is 0.133. The summed E-state index contributed by atoms with van der Waals surface area (Å²) in [6, 6.07) is 11.3. The molecule has 0 saturated carbocycles. The molecule has 2 aromatic heterocycles. The highest BCUT2D eigenvalue weighted by Gasteiger charge is 2.38. The van der Waals surface area contributed by atoms with Crippen LogP contribution in [-0.2, 0) is 6.18 Å². The third-order valence-corrected chi connectivity index (χ3v) is 3.12. The normalized spacial score (nSPS) is 13.0. The zero-order valence-electron chi connectivity index (χ0n) is 11.5. The van der Waals surface area contributed by atoms with Crippen LogP contribution in [0.4, 0.5) is 13.2 Å². The second-order valence-corrected chi connectivity index (χ2v) is 4.70. The summed E-state index contributed by atoms with van der Waals surface area (Å²) < 4.78 is 41.5. The van der Waals surface area contributed by atoms with E-state index in [1.807, 2.05) is 0 Å². The molecule has 1 unspecified atom stereocenters. The van der Waals surface area contributed by atoms with Gasteiger partial charge in [-0.05, 0) is 17.7 Å². The first-order valence-electron chi connectivity index (χ1n) is 6.55. The van der Waals surface area contributed by atoms with Crippen molar-refractivity contribution in [1.29, 1.82) is 0 Å². The van der Waals surface area contributed by atoms with Gasteiger partial charge in [0.15, 0.2) is 0 Å². The molecule has 0 amide bonds. The number of rotatable bonds is 3. The van der Waals surface area contributed by atoms with Crippen molar-refractivity contribution in [3.8, 4) is 11.4 Å². The number of pyridine rings is 1. The molecule has 0 fully saturated rings.